The highest BCUT2D eigenvalue weighted by atomic mass is 19.3. The Morgan fingerprint density at radius 1 is 1.31 bits per heavy atom. The first-order valence-electron chi connectivity index (χ1n) is 4.89. The molecule has 0 aromatic carbocycles. The molecule has 0 aromatic rings. The summed E-state index contributed by atoms with van der Waals surface area (Å²) in [7, 11) is 1.06. The van der Waals surface area contributed by atoms with Crippen LogP contribution in [-0.4, -0.2) is 31.1 Å². The molecule has 0 aliphatic heterocycles. The average Bonchev–Trinajstić information content (AvgIpc) is 3.06. The SMILES string of the molecule is COC(=O)C(CC(=O)C(F)F)C(=O)C1CC1. The summed E-state index contributed by atoms with van der Waals surface area (Å²) in [5.41, 5.74) is 0. The van der Waals surface area contributed by atoms with Gasteiger partial charge in [0.2, 0.25) is 0 Å². The van der Waals surface area contributed by atoms with E-state index in [0.29, 0.717) is 12.8 Å². The van der Waals surface area contributed by atoms with E-state index in [1.807, 2.05) is 0 Å². The third-order valence-corrected chi connectivity index (χ3v) is 2.46. The Kier molecular flexibility index (Phi) is 4.09. The van der Waals surface area contributed by atoms with Crippen LogP contribution in [0, 0.1) is 11.8 Å². The minimum Gasteiger partial charge on any atom is -0.468 e. The fourth-order valence-corrected chi connectivity index (χ4v) is 1.38. The van der Waals surface area contributed by atoms with Crippen LogP contribution in [0.1, 0.15) is 19.3 Å². The second-order valence-electron chi connectivity index (χ2n) is 3.72. The fourth-order valence-electron chi connectivity index (χ4n) is 1.38. The number of ether oxygens (including phenoxy) is 1. The van der Waals surface area contributed by atoms with E-state index in [1.165, 1.54) is 0 Å². The number of ketones is 2. The topological polar surface area (TPSA) is 60.4 Å². The first-order valence-corrected chi connectivity index (χ1v) is 4.89. The lowest BCUT2D eigenvalue weighted by atomic mass is 9.95. The zero-order valence-corrected chi connectivity index (χ0v) is 8.74. The predicted molar refractivity (Wildman–Crippen MR) is 48.9 cm³/mol. The van der Waals surface area contributed by atoms with Crippen LogP contribution in [0.25, 0.3) is 0 Å². The van der Waals surface area contributed by atoms with Gasteiger partial charge in [0.15, 0.2) is 11.6 Å². The molecule has 0 N–H and O–H groups in total. The van der Waals surface area contributed by atoms with Crippen molar-refractivity contribution in [3.8, 4) is 0 Å². The van der Waals surface area contributed by atoms with Gasteiger partial charge in [-0.15, -0.1) is 0 Å². The van der Waals surface area contributed by atoms with E-state index in [1.54, 1.807) is 0 Å². The molecule has 1 rings (SSSR count). The van der Waals surface area contributed by atoms with Gasteiger partial charge in [-0.25, -0.2) is 8.78 Å². The number of methoxy groups -OCH3 is 1. The highest BCUT2D eigenvalue weighted by Gasteiger charge is 2.40. The maximum atomic E-state index is 12.0. The van der Waals surface area contributed by atoms with E-state index in [-0.39, 0.29) is 5.92 Å². The molecule has 0 radical (unpaired) electrons. The molecular weight excluding hydrogens is 222 g/mol. The standard InChI is InChI=1S/C10H12F2O4/c1-16-10(15)6(4-7(13)9(11)12)8(14)5-2-3-5/h5-6,9H,2-4H2,1H3. The van der Waals surface area contributed by atoms with Crippen LogP contribution < -0.4 is 0 Å². The highest BCUT2D eigenvalue weighted by Crippen LogP contribution is 2.33. The quantitative estimate of drug-likeness (QED) is 0.507. The van der Waals surface area contributed by atoms with Crippen LogP contribution >= 0.6 is 0 Å². The molecule has 6 heteroatoms. The van der Waals surface area contributed by atoms with Crippen molar-refractivity contribution in [3.63, 3.8) is 0 Å². The summed E-state index contributed by atoms with van der Waals surface area (Å²) in [6.07, 6.45) is -2.62. The summed E-state index contributed by atoms with van der Waals surface area (Å²) in [5, 5.41) is 0. The summed E-state index contributed by atoms with van der Waals surface area (Å²) in [5.74, 6) is -4.40. The summed E-state index contributed by atoms with van der Waals surface area (Å²) in [6.45, 7) is 0. The van der Waals surface area contributed by atoms with Crippen molar-refractivity contribution < 1.29 is 27.9 Å². The van der Waals surface area contributed by atoms with Gasteiger partial charge in [0, 0.05) is 12.3 Å². The van der Waals surface area contributed by atoms with E-state index in [2.05, 4.69) is 4.74 Å². The lowest BCUT2D eigenvalue weighted by Crippen LogP contribution is -2.30. The van der Waals surface area contributed by atoms with Crippen molar-refractivity contribution >= 4 is 17.5 Å². The zero-order chi connectivity index (χ0) is 12.3. The first-order chi connectivity index (χ1) is 7.47. The van der Waals surface area contributed by atoms with Crippen molar-refractivity contribution in [2.24, 2.45) is 11.8 Å². The average molecular weight is 234 g/mol. The normalized spacial score (nSPS) is 17.0. The summed E-state index contributed by atoms with van der Waals surface area (Å²) in [4.78, 5) is 33.6. The molecule has 1 saturated carbocycles. The number of rotatable bonds is 6. The maximum absolute atomic E-state index is 12.0. The van der Waals surface area contributed by atoms with Gasteiger partial charge in [0.25, 0.3) is 6.43 Å². The largest absolute Gasteiger partial charge is 0.468 e. The number of esters is 1. The second-order valence-corrected chi connectivity index (χ2v) is 3.72. The van der Waals surface area contributed by atoms with Gasteiger partial charge in [-0.3, -0.25) is 14.4 Å². The highest BCUT2D eigenvalue weighted by molar-refractivity contribution is 6.04. The second kappa shape index (κ2) is 5.14. The van der Waals surface area contributed by atoms with Crippen molar-refractivity contribution in [2.75, 3.05) is 7.11 Å². The van der Waals surface area contributed by atoms with Crippen LogP contribution in [0.3, 0.4) is 0 Å². The van der Waals surface area contributed by atoms with Crippen molar-refractivity contribution in [3.05, 3.63) is 0 Å². The molecule has 0 spiro atoms. The van der Waals surface area contributed by atoms with E-state index in [0.717, 1.165) is 7.11 Å². The van der Waals surface area contributed by atoms with E-state index >= 15 is 0 Å². The van der Waals surface area contributed by atoms with E-state index < -0.39 is 36.3 Å². The molecule has 4 nitrogen and oxygen atoms in total. The molecule has 1 atom stereocenters. The van der Waals surface area contributed by atoms with Crippen molar-refractivity contribution in [2.45, 2.75) is 25.7 Å². The Morgan fingerprint density at radius 3 is 2.25 bits per heavy atom. The third-order valence-electron chi connectivity index (χ3n) is 2.46. The van der Waals surface area contributed by atoms with Gasteiger partial charge in [-0.05, 0) is 12.8 Å². The summed E-state index contributed by atoms with van der Waals surface area (Å²) >= 11 is 0. The zero-order valence-electron chi connectivity index (χ0n) is 8.74. The van der Waals surface area contributed by atoms with E-state index in [4.69, 9.17) is 0 Å². The molecule has 0 saturated heterocycles. The van der Waals surface area contributed by atoms with Crippen LogP contribution in [0.2, 0.25) is 0 Å². The first kappa shape index (κ1) is 12.7. The molecule has 1 unspecified atom stereocenters. The third kappa shape index (κ3) is 3.08. The molecule has 0 bridgehead atoms. The number of carbonyl (C=O) groups is 3. The smallest absolute Gasteiger partial charge is 0.316 e. The van der Waals surface area contributed by atoms with Gasteiger partial charge < -0.3 is 4.74 Å². The molecule has 16 heavy (non-hydrogen) atoms. The predicted octanol–water partition coefficient (Wildman–Crippen LogP) is 0.979. The van der Waals surface area contributed by atoms with E-state index in [9.17, 15) is 23.2 Å². The van der Waals surface area contributed by atoms with Gasteiger partial charge in [0.1, 0.15) is 5.92 Å². The molecular formula is C10H12F2O4. The van der Waals surface area contributed by atoms with Crippen molar-refractivity contribution in [1.82, 2.24) is 0 Å². The minimum absolute atomic E-state index is 0.269. The lowest BCUT2D eigenvalue weighted by Gasteiger charge is -2.11. The van der Waals surface area contributed by atoms with Crippen LogP contribution in [0.5, 0.6) is 0 Å². The Morgan fingerprint density at radius 2 is 1.88 bits per heavy atom. The van der Waals surface area contributed by atoms with Crippen LogP contribution in [0.15, 0.2) is 0 Å². The summed E-state index contributed by atoms with van der Waals surface area (Å²) in [6, 6.07) is 0. The van der Waals surface area contributed by atoms with Crippen LogP contribution in [0.4, 0.5) is 8.78 Å². The summed E-state index contributed by atoms with van der Waals surface area (Å²) < 4.78 is 28.4. The Bertz CT molecular complexity index is 310. The monoisotopic (exact) mass is 234 g/mol. The Hall–Kier alpha value is -1.33. The van der Waals surface area contributed by atoms with Gasteiger partial charge in [0.05, 0.1) is 7.11 Å². The molecule has 0 amide bonds. The van der Waals surface area contributed by atoms with Gasteiger partial charge >= 0.3 is 5.97 Å². The maximum Gasteiger partial charge on any atom is 0.316 e. The molecule has 1 aliphatic rings. The number of Topliss-reactive ketones (excluding diaryl/α,β-unsaturated/α-hetero) is 2. The Balaban J connectivity index is 2.67. The molecule has 1 aliphatic carbocycles. The van der Waals surface area contributed by atoms with Crippen LogP contribution in [-0.2, 0) is 19.1 Å². The fraction of sp³-hybridized carbons (Fsp3) is 0.700. The van der Waals surface area contributed by atoms with Crippen molar-refractivity contribution in [1.29, 1.82) is 0 Å². The number of carbonyl (C=O) groups excluding carboxylic acids is 3. The number of halogens is 2. The number of hydrogen-bond acceptors (Lipinski definition) is 4. The molecule has 0 heterocycles. The lowest BCUT2D eigenvalue weighted by molar-refractivity contribution is -0.152. The number of hydrogen-bond donors (Lipinski definition) is 0. The Labute approximate surface area is 90.9 Å². The molecule has 0 aromatic heterocycles. The molecule has 1 fully saturated rings. The minimum atomic E-state index is -3.15. The number of alkyl halides is 2. The van der Waals surface area contributed by atoms with Gasteiger partial charge in [-0.2, -0.15) is 0 Å². The van der Waals surface area contributed by atoms with Gasteiger partial charge in [-0.1, -0.05) is 0 Å². The molecule has 90 valence electrons.